The lowest BCUT2D eigenvalue weighted by Gasteiger charge is -2.35. The standard InChI is InChI=1S/C22H24F3N3O4/c1-3-16-8-4-5-10-27(16)19(30)13-32-21(31)20-18(29)11-14(2)28(26-20)17-9-6-7-15(12-17)22(23,24)25/h6-7,9,11-12,16H,3-5,8,10,13H2,1-2H3. The number of amides is 1. The molecule has 0 bridgehead atoms. The average molecular weight is 451 g/mol. The summed E-state index contributed by atoms with van der Waals surface area (Å²) in [5, 5.41) is 3.92. The molecule has 1 saturated heterocycles. The van der Waals surface area contributed by atoms with Gasteiger partial charge >= 0.3 is 12.1 Å². The summed E-state index contributed by atoms with van der Waals surface area (Å²) < 4.78 is 45.2. The molecule has 10 heteroatoms. The molecule has 1 fully saturated rings. The lowest BCUT2D eigenvalue weighted by molar-refractivity contribution is -0.138. The van der Waals surface area contributed by atoms with Crippen LogP contribution >= 0.6 is 0 Å². The van der Waals surface area contributed by atoms with Gasteiger partial charge in [0.15, 0.2) is 6.61 Å². The number of hydrogen-bond donors (Lipinski definition) is 0. The number of halogens is 3. The van der Waals surface area contributed by atoms with Gasteiger partial charge in [0.05, 0.1) is 11.3 Å². The molecule has 1 unspecified atom stereocenters. The average Bonchev–Trinajstić information content (AvgIpc) is 2.76. The number of benzene rings is 1. The number of likely N-dealkylation sites (tertiary alicyclic amines) is 1. The zero-order valence-electron chi connectivity index (χ0n) is 17.8. The predicted molar refractivity (Wildman–Crippen MR) is 109 cm³/mol. The molecule has 7 nitrogen and oxygen atoms in total. The minimum absolute atomic E-state index is 0.0292. The maximum absolute atomic E-state index is 13.0. The van der Waals surface area contributed by atoms with Crippen LogP contribution in [0.25, 0.3) is 5.69 Å². The topological polar surface area (TPSA) is 81.5 Å². The second-order valence-electron chi connectivity index (χ2n) is 7.68. The molecule has 0 N–H and O–H groups in total. The molecule has 1 aliphatic heterocycles. The van der Waals surface area contributed by atoms with Crippen molar-refractivity contribution in [1.29, 1.82) is 0 Å². The van der Waals surface area contributed by atoms with Crippen molar-refractivity contribution in [3.63, 3.8) is 0 Å². The molecule has 2 aromatic rings. The van der Waals surface area contributed by atoms with E-state index in [1.807, 2.05) is 6.92 Å². The van der Waals surface area contributed by atoms with E-state index in [1.165, 1.54) is 19.1 Å². The SMILES string of the molecule is CCC1CCCCN1C(=O)COC(=O)c1nn(-c2cccc(C(F)(F)F)c2)c(C)cc1=O. The second-order valence-corrected chi connectivity index (χ2v) is 7.68. The van der Waals surface area contributed by atoms with E-state index >= 15 is 0 Å². The van der Waals surface area contributed by atoms with Crippen molar-refractivity contribution in [2.75, 3.05) is 13.2 Å². The lowest BCUT2D eigenvalue weighted by atomic mass is 10.00. The number of alkyl halides is 3. The van der Waals surface area contributed by atoms with E-state index in [0.29, 0.717) is 6.54 Å². The van der Waals surface area contributed by atoms with Crippen LogP contribution < -0.4 is 5.43 Å². The number of piperidine rings is 1. The third-order valence-electron chi connectivity index (χ3n) is 5.46. The highest BCUT2D eigenvalue weighted by atomic mass is 19.4. The molecule has 172 valence electrons. The van der Waals surface area contributed by atoms with E-state index < -0.39 is 35.4 Å². The van der Waals surface area contributed by atoms with Crippen LogP contribution in [-0.4, -0.2) is 45.8 Å². The van der Waals surface area contributed by atoms with Crippen LogP contribution in [0.2, 0.25) is 0 Å². The minimum Gasteiger partial charge on any atom is -0.451 e. The van der Waals surface area contributed by atoms with Crippen molar-refractivity contribution in [3.8, 4) is 5.69 Å². The molecule has 1 aromatic heterocycles. The van der Waals surface area contributed by atoms with Gasteiger partial charge in [0.25, 0.3) is 5.91 Å². The normalized spacial score (nSPS) is 16.7. The molecular formula is C22H24F3N3O4. The van der Waals surface area contributed by atoms with E-state index in [9.17, 15) is 27.6 Å². The molecule has 1 atom stereocenters. The Hall–Kier alpha value is -3.17. The summed E-state index contributed by atoms with van der Waals surface area (Å²) in [4.78, 5) is 38.9. The van der Waals surface area contributed by atoms with Crippen molar-refractivity contribution in [2.45, 2.75) is 51.7 Å². The van der Waals surface area contributed by atoms with Crippen molar-refractivity contribution < 1.29 is 27.5 Å². The molecule has 3 rings (SSSR count). The fourth-order valence-electron chi connectivity index (χ4n) is 3.80. The monoisotopic (exact) mass is 451 g/mol. The summed E-state index contributed by atoms with van der Waals surface area (Å²) in [7, 11) is 0. The molecule has 0 spiro atoms. The van der Waals surface area contributed by atoms with Crippen LogP contribution in [0.3, 0.4) is 0 Å². The minimum atomic E-state index is -4.56. The molecule has 0 saturated carbocycles. The Bertz CT molecular complexity index is 1070. The number of aryl methyl sites for hydroxylation is 1. The maximum atomic E-state index is 13.0. The van der Waals surface area contributed by atoms with Gasteiger partial charge in [-0.2, -0.15) is 18.3 Å². The van der Waals surface area contributed by atoms with Crippen LogP contribution in [0.15, 0.2) is 35.1 Å². The Labute approximate surface area is 182 Å². The third-order valence-corrected chi connectivity index (χ3v) is 5.46. The van der Waals surface area contributed by atoms with Gasteiger partial charge in [-0.25, -0.2) is 9.48 Å². The zero-order valence-corrected chi connectivity index (χ0v) is 17.8. The Morgan fingerprint density at radius 2 is 1.97 bits per heavy atom. The van der Waals surface area contributed by atoms with E-state index in [4.69, 9.17) is 4.74 Å². The van der Waals surface area contributed by atoms with Gasteiger partial charge < -0.3 is 9.64 Å². The number of hydrogen-bond acceptors (Lipinski definition) is 5. The Kier molecular flexibility index (Phi) is 7.00. The quantitative estimate of drug-likeness (QED) is 0.650. The summed E-state index contributed by atoms with van der Waals surface area (Å²) >= 11 is 0. The fraction of sp³-hybridized carbons (Fsp3) is 0.455. The van der Waals surface area contributed by atoms with Crippen molar-refractivity contribution in [3.05, 3.63) is 57.5 Å². The molecule has 32 heavy (non-hydrogen) atoms. The number of aromatic nitrogens is 2. The van der Waals surface area contributed by atoms with E-state index in [2.05, 4.69) is 5.10 Å². The highest BCUT2D eigenvalue weighted by molar-refractivity contribution is 5.89. The number of ether oxygens (including phenoxy) is 1. The summed E-state index contributed by atoms with van der Waals surface area (Å²) in [6, 6.07) is 5.53. The summed E-state index contributed by atoms with van der Waals surface area (Å²) in [6.07, 6.45) is -0.976. The van der Waals surface area contributed by atoms with Crippen molar-refractivity contribution >= 4 is 11.9 Å². The summed E-state index contributed by atoms with van der Waals surface area (Å²) in [5.41, 5.74) is -1.97. The first kappa shape index (κ1) is 23.5. The highest BCUT2D eigenvalue weighted by Crippen LogP contribution is 2.30. The van der Waals surface area contributed by atoms with Gasteiger partial charge in [-0.05, 0) is 50.8 Å². The molecule has 1 aromatic carbocycles. The van der Waals surface area contributed by atoms with Gasteiger partial charge in [0.1, 0.15) is 0 Å². The first-order valence-electron chi connectivity index (χ1n) is 10.4. The molecule has 2 heterocycles. The van der Waals surface area contributed by atoms with Crippen LogP contribution in [0.5, 0.6) is 0 Å². The van der Waals surface area contributed by atoms with Gasteiger partial charge in [-0.1, -0.05) is 13.0 Å². The van der Waals surface area contributed by atoms with E-state index in [-0.39, 0.29) is 23.3 Å². The van der Waals surface area contributed by atoms with E-state index in [1.54, 1.807) is 4.90 Å². The zero-order chi connectivity index (χ0) is 23.5. The highest BCUT2D eigenvalue weighted by Gasteiger charge is 2.31. The number of nitrogens with zero attached hydrogens (tertiary/aromatic N) is 3. The van der Waals surface area contributed by atoms with Crippen LogP contribution in [0.1, 0.15) is 54.4 Å². The molecule has 0 radical (unpaired) electrons. The maximum Gasteiger partial charge on any atom is 0.416 e. The smallest absolute Gasteiger partial charge is 0.416 e. The number of rotatable bonds is 5. The van der Waals surface area contributed by atoms with Crippen molar-refractivity contribution in [1.82, 2.24) is 14.7 Å². The second kappa shape index (κ2) is 9.54. The van der Waals surface area contributed by atoms with Gasteiger partial charge in [-0.3, -0.25) is 9.59 Å². The molecular weight excluding hydrogens is 427 g/mol. The molecule has 1 amide bonds. The predicted octanol–water partition coefficient (Wildman–Crippen LogP) is 3.51. The number of esters is 1. The fourth-order valence-corrected chi connectivity index (χ4v) is 3.80. The van der Waals surface area contributed by atoms with Gasteiger partial charge in [-0.15, -0.1) is 0 Å². The lowest BCUT2D eigenvalue weighted by Crippen LogP contribution is -2.45. The molecule has 0 aliphatic carbocycles. The Morgan fingerprint density at radius 3 is 2.66 bits per heavy atom. The van der Waals surface area contributed by atoms with Gasteiger partial charge in [0.2, 0.25) is 11.1 Å². The van der Waals surface area contributed by atoms with E-state index in [0.717, 1.165) is 48.6 Å². The van der Waals surface area contributed by atoms with Gasteiger partial charge in [0, 0.05) is 24.3 Å². The Morgan fingerprint density at radius 1 is 1.22 bits per heavy atom. The molecule has 1 aliphatic rings. The number of carbonyl (C=O) groups is 2. The largest absolute Gasteiger partial charge is 0.451 e. The van der Waals surface area contributed by atoms with Crippen LogP contribution in [-0.2, 0) is 15.7 Å². The van der Waals surface area contributed by atoms with Crippen LogP contribution in [0, 0.1) is 6.92 Å². The third kappa shape index (κ3) is 5.17. The first-order valence-corrected chi connectivity index (χ1v) is 10.4. The Balaban J connectivity index is 1.81. The number of carbonyl (C=O) groups excluding carboxylic acids is 2. The summed E-state index contributed by atoms with van der Waals surface area (Å²) in [5.74, 6) is -1.45. The van der Waals surface area contributed by atoms with Crippen LogP contribution in [0.4, 0.5) is 13.2 Å². The van der Waals surface area contributed by atoms with Crippen molar-refractivity contribution in [2.24, 2.45) is 0 Å². The summed E-state index contributed by atoms with van der Waals surface area (Å²) in [6.45, 7) is 3.51. The first-order chi connectivity index (χ1) is 15.1.